The molecule has 2 fully saturated rings. The first-order chi connectivity index (χ1) is 12.3. The number of nitrogens with one attached hydrogen (secondary N) is 1. The number of ether oxygens (including phenoxy) is 1. The number of sulfone groups is 1. The van der Waals surface area contributed by atoms with E-state index in [2.05, 4.69) is 10.2 Å². The summed E-state index contributed by atoms with van der Waals surface area (Å²) in [7, 11) is -3.48. The molecule has 0 radical (unpaired) electrons. The van der Waals surface area contributed by atoms with Crippen molar-refractivity contribution in [1.82, 2.24) is 4.90 Å². The lowest BCUT2D eigenvalue weighted by atomic mass is 9.89. The van der Waals surface area contributed by atoms with E-state index in [4.69, 9.17) is 4.74 Å². The number of anilines is 1. The van der Waals surface area contributed by atoms with E-state index >= 15 is 0 Å². The van der Waals surface area contributed by atoms with Crippen LogP contribution in [0.3, 0.4) is 0 Å². The van der Waals surface area contributed by atoms with E-state index in [0.29, 0.717) is 11.7 Å². The van der Waals surface area contributed by atoms with Crippen molar-refractivity contribution < 1.29 is 18.1 Å². The Kier molecular flexibility index (Phi) is 5.79. The third kappa shape index (κ3) is 4.52. The van der Waals surface area contributed by atoms with E-state index in [1.54, 1.807) is 0 Å². The summed E-state index contributed by atoms with van der Waals surface area (Å²) >= 11 is 0. The number of nitrogens with zero attached hydrogens (tertiary/aromatic N) is 2. The monoisotopic (exact) mass is 383 g/mol. The Morgan fingerprint density at radius 1 is 1.19 bits per heavy atom. The summed E-state index contributed by atoms with van der Waals surface area (Å²) in [4.78, 5) is 13.3. The second kappa shape index (κ2) is 7.89. The van der Waals surface area contributed by atoms with Gasteiger partial charge in [-0.3, -0.25) is 15.0 Å². The fourth-order valence-corrected chi connectivity index (χ4v) is 4.40. The normalized spacial score (nSPS) is 25.0. The zero-order chi connectivity index (χ0) is 18.7. The van der Waals surface area contributed by atoms with Crippen LogP contribution in [0.25, 0.3) is 0 Å². The van der Waals surface area contributed by atoms with Gasteiger partial charge < -0.3 is 10.1 Å². The van der Waals surface area contributed by atoms with Gasteiger partial charge >= 0.3 is 0 Å². The first kappa shape index (κ1) is 19.1. The lowest BCUT2D eigenvalue weighted by Crippen LogP contribution is -2.46. The minimum absolute atomic E-state index is 0.0363. The Morgan fingerprint density at radius 3 is 2.42 bits per heavy atom. The van der Waals surface area contributed by atoms with Crippen LogP contribution in [0.4, 0.5) is 11.4 Å². The maximum Gasteiger partial charge on any atom is 0.293 e. The predicted octanol–water partition coefficient (Wildman–Crippen LogP) is 2.05. The molecule has 9 heteroatoms. The number of rotatable bonds is 5. The zero-order valence-electron chi connectivity index (χ0n) is 14.9. The molecule has 26 heavy (non-hydrogen) atoms. The molecule has 2 aliphatic rings. The molecule has 1 aromatic carbocycles. The van der Waals surface area contributed by atoms with Gasteiger partial charge in [0.15, 0.2) is 9.84 Å². The van der Waals surface area contributed by atoms with Crippen LogP contribution in [-0.2, 0) is 14.6 Å². The molecule has 0 aromatic heterocycles. The molecule has 1 saturated carbocycles. The van der Waals surface area contributed by atoms with Gasteiger partial charge in [-0.2, -0.15) is 0 Å². The summed E-state index contributed by atoms with van der Waals surface area (Å²) in [6.07, 6.45) is 5.02. The molecule has 0 atom stereocenters. The zero-order valence-corrected chi connectivity index (χ0v) is 15.7. The summed E-state index contributed by atoms with van der Waals surface area (Å²) in [6, 6.07) is 4.78. The molecule has 3 rings (SSSR count). The summed E-state index contributed by atoms with van der Waals surface area (Å²) in [5.41, 5.74) is 0.195. The van der Waals surface area contributed by atoms with Crippen molar-refractivity contribution in [3.63, 3.8) is 0 Å². The van der Waals surface area contributed by atoms with Crippen molar-refractivity contribution in [2.24, 2.45) is 0 Å². The average molecular weight is 383 g/mol. The molecule has 1 saturated heterocycles. The summed E-state index contributed by atoms with van der Waals surface area (Å²) in [5.74, 6) is 0. The maximum atomic E-state index is 11.6. The first-order valence-electron chi connectivity index (χ1n) is 8.91. The van der Waals surface area contributed by atoms with Gasteiger partial charge in [-0.1, -0.05) is 0 Å². The Balaban J connectivity index is 1.65. The Labute approximate surface area is 153 Å². The minimum Gasteiger partial charge on any atom is -0.379 e. The molecule has 0 amide bonds. The summed E-state index contributed by atoms with van der Waals surface area (Å²) < 4.78 is 28.7. The van der Waals surface area contributed by atoms with Crippen LogP contribution < -0.4 is 5.32 Å². The molecule has 1 aliphatic heterocycles. The van der Waals surface area contributed by atoms with Gasteiger partial charge in [0.2, 0.25) is 0 Å². The van der Waals surface area contributed by atoms with E-state index in [1.165, 1.54) is 12.1 Å². The molecule has 144 valence electrons. The molecular formula is C17H25N3O5S. The van der Waals surface area contributed by atoms with Gasteiger partial charge in [-0.15, -0.1) is 0 Å². The van der Waals surface area contributed by atoms with Crippen LogP contribution >= 0.6 is 0 Å². The number of nitro groups is 1. The van der Waals surface area contributed by atoms with Gasteiger partial charge in [-0.05, 0) is 37.8 Å². The van der Waals surface area contributed by atoms with Crippen LogP contribution in [0.2, 0.25) is 0 Å². The van der Waals surface area contributed by atoms with Crippen LogP contribution in [0.15, 0.2) is 23.1 Å². The van der Waals surface area contributed by atoms with Gasteiger partial charge in [-0.25, -0.2) is 8.42 Å². The van der Waals surface area contributed by atoms with Crippen LogP contribution in [-0.4, -0.2) is 62.9 Å². The van der Waals surface area contributed by atoms with Gasteiger partial charge in [0, 0.05) is 37.5 Å². The van der Waals surface area contributed by atoms with Crippen LogP contribution in [0.5, 0.6) is 0 Å². The quantitative estimate of drug-likeness (QED) is 0.613. The molecule has 1 N–H and O–H groups in total. The second-order valence-corrected chi connectivity index (χ2v) is 9.02. The van der Waals surface area contributed by atoms with Gasteiger partial charge in [0.05, 0.1) is 23.0 Å². The fourth-order valence-electron chi connectivity index (χ4n) is 3.76. The number of morpholine rings is 1. The highest BCUT2D eigenvalue weighted by Crippen LogP contribution is 2.31. The Hall–Kier alpha value is -1.71. The lowest BCUT2D eigenvalue weighted by molar-refractivity contribution is -0.384. The Morgan fingerprint density at radius 2 is 1.85 bits per heavy atom. The van der Waals surface area contributed by atoms with Crippen molar-refractivity contribution >= 4 is 21.2 Å². The van der Waals surface area contributed by atoms with Crippen LogP contribution in [0.1, 0.15) is 25.7 Å². The predicted molar refractivity (Wildman–Crippen MR) is 98.3 cm³/mol. The summed E-state index contributed by atoms with van der Waals surface area (Å²) in [6.45, 7) is 3.52. The molecule has 1 aliphatic carbocycles. The van der Waals surface area contributed by atoms with E-state index in [1.807, 2.05) is 0 Å². The van der Waals surface area contributed by atoms with E-state index in [-0.39, 0.29) is 16.6 Å². The lowest BCUT2D eigenvalue weighted by Gasteiger charge is -2.39. The average Bonchev–Trinajstić information content (AvgIpc) is 2.62. The molecular weight excluding hydrogens is 358 g/mol. The highest BCUT2D eigenvalue weighted by atomic mass is 32.2. The van der Waals surface area contributed by atoms with E-state index in [9.17, 15) is 18.5 Å². The third-order valence-electron chi connectivity index (χ3n) is 5.21. The van der Waals surface area contributed by atoms with Crippen molar-refractivity contribution in [3.05, 3.63) is 28.3 Å². The number of hydrogen-bond acceptors (Lipinski definition) is 7. The molecule has 8 nitrogen and oxygen atoms in total. The minimum atomic E-state index is -3.48. The molecule has 0 spiro atoms. The molecule has 1 heterocycles. The second-order valence-electron chi connectivity index (χ2n) is 7.01. The van der Waals surface area contributed by atoms with Gasteiger partial charge in [0.25, 0.3) is 5.69 Å². The third-order valence-corrected chi connectivity index (χ3v) is 6.32. The number of nitro benzene ring substituents is 1. The molecule has 1 aromatic rings. The van der Waals surface area contributed by atoms with Crippen molar-refractivity contribution in [2.45, 2.75) is 42.7 Å². The topological polar surface area (TPSA) is 102 Å². The fraction of sp³-hybridized carbons (Fsp3) is 0.647. The number of benzene rings is 1. The largest absolute Gasteiger partial charge is 0.379 e. The highest BCUT2D eigenvalue weighted by Gasteiger charge is 2.28. The van der Waals surface area contributed by atoms with Crippen LogP contribution in [0, 0.1) is 10.1 Å². The highest BCUT2D eigenvalue weighted by molar-refractivity contribution is 7.90. The van der Waals surface area contributed by atoms with Crippen molar-refractivity contribution in [2.75, 3.05) is 37.9 Å². The standard InChI is InChI=1S/C17H25N3O5S/c1-26(23,24)15-6-7-16(17(12-15)20(21)22)18-13-2-4-14(5-3-13)19-8-10-25-11-9-19/h6-7,12-14,18H,2-5,8-11H2,1H3. The summed E-state index contributed by atoms with van der Waals surface area (Å²) in [5, 5.41) is 14.6. The molecule has 0 unspecified atom stereocenters. The van der Waals surface area contributed by atoms with Gasteiger partial charge in [0.1, 0.15) is 5.69 Å². The number of hydrogen-bond donors (Lipinski definition) is 1. The SMILES string of the molecule is CS(=O)(=O)c1ccc(NC2CCC(N3CCOCC3)CC2)c([N+](=O)[O-])c1. The van der Waals surface area contributed by atoms with Crippen molar-refractivity contribution in [1.29, 1.82) is 0 Å². The molecule has 0 bridgehead atoms. The maximum absolute atomic E-state index is 11.6. The Bertz CT molecular complexity index is 754. The first-order valence-corrected chi connectivity index (χ1v) is 10.8. The van der Waals surface area contributed by atoms with Crippen molar-refractivity contribution in [3.8, 4) is 0 Å². The smallest absolute Gasteiger partial charge is 0.293 e. The van der Waals surface area contributed by atoms with E-state index < -0.39 is 14.8 Å². The van der Waals surface area contributed by atoms with E-state index in [0.717, 1.165) is 64.3 Å².